The van der Waals surface area contributed by atoms with Gasteiger partial charge in [0.15, 0.2) is 0 Å². The summed E-state index contributed by atoms with van der Waals surface area (Å²) in [5.41, 5.74) is 0.270. The van der Waals surface area contributed by atoms with Crippen LogP contribution in [0.2, 0.25) is 0 Å². The lowest BCUT2D eigenvalue weighted by Crippen LogP contribution is -1.98. The Kier molecular flexibility index (Phi) is 3.84. The molecule has 0 saturated heterocycles. The fourth-order valence-corrected chi connectivity index (χ4v) is 2.33. The second-order valence-electron chi connectivity index (χ2n) is 3.42. The van der Waals surface area contributed by atoms with E-state index in [1.807, 2.05) is 12.1 Å². The summed E-state index contributed by atoms with van der Waals surface area (Å²) in [4.78, 5) is 16.0. The summed E-state index contributed by atoms with van der Waals surface area (Å²) in [7, 11) is 1.54. The minimum atomic E-state index is -0.944. The minimum Gasteiger partial charge on any atom is -0.481 e. The van der Waals surface area contributed by atoms with Crippen molar-refractivity contribution in [3.05, 3.63) is 48.0 Å². The predicted octanol–water partition coefficient (Wildman–Crippen LogP) is 2.94. The Morgan fingerprint density at radius 1 is 1.22 bits per heavy atom. The van der Waals surface area contributed by atoms with Crippen LogP contribution in [-0.2, 0) is 0 Å². The molecule has 5 heteroatoms. The third-order valence-corrected chi connectivity index (χ3v) is 3.25. The predicted molar refractivity (Wildman–Crippen MR) is 68.3 cm³/mol. The highest BCUT2D eigenvalue weighted by atomic mass is 32.2. The Labute approximate surface area is 109 Å². The molecule has 2 rings (SSSR count). The van der Waals surface area contributed by atoms with Crippen LogP contribution in [0.1, 0.15) is 10.4 Å². The van der Waals surface area contributed by atoms with Gasteiger partial charge >= 0.3 is 5.97 Å². The van der Waals surface area contributed by atoms with Gasteiger partial charge in [0.05, 0.1) is 12.7 Å². The van der Waals surface area contributed by atoms with Gasteiger partial charge < -0.3 is 9.84 Å². The maximum Gasteiger partial charge on any atom is 0.336 e. The number of pyridine rings is 1. The first-order chi connectivity index (χ1) is 8.70. The van der Waals surface area contributed by atoms with E-state index in [4.69, 9.17) is 9.84 Å². The highest BCUT2D eigenvalue weighted by Gasteiger charge is 2.10. The Balaban J connectivity index is 2.31. The Morgan fingerprint density at radius 2 is 2.00 bits per heavy atom. The van der Waals surface area contributed by atoms with E-state index in [0.717, 1.165) is 0 Å². The van der Waals surface area contributed by atoms with E-state index in [1.165, 1.54) is 11.8 Å². The number of carbonyl (C=O) groups is 1. The van der Waals surface area contributed by atoms with E-state index in [1.54, 1.807) is 37.4 Å². The number of carboxylic acids is 1. The first kappa shape index (κ1) is 12.4. The van der Waals surface area contributed by atoms with Crippen molar-refractivity contribution in [3.63, 3.8) is 0 Å². The van der Waals surface area contributed by atoms with Crippen LogP contribution in [0.4, 0.5) is 0 Å². The van der Waals surface area contributed by atoms with E-state index < -0.39 is 5.97 Å². The smallest absolute Gasteiger partial charge is 0.336 e. The van der Waals surface area contributed by atoms with Gasteiger partial charge in [-0.1, -0.05) is 30.0 Å². The molecule has 0 aliphatic heterocycles. The second-order valence-corrected chi connectivity index (χ2v) is 4.48. The van der Waals surface area contributed by atoms with Crippen molar-refractivity contribution in [2.45, 2.75) is 9.92 Å². The zero-order chi connectivity index (χ0) is 13.0. The standard InChI is InChI=1S/C13H11NO3S/c1-17-11-7-4-8-12(14-11)18-10-6-3-2-5-9(10)13(15)16/h2-8H,1H3,(H,15,16). The van der Waals surface area contributed by atoms with Gasteiger partial charge in [-0.25, -0.2) is 9.78 Å². The van der Waals surface area contributed by atoms with Crippen LogP contribution in [-0.4, -0.2) is 23.2 Å². The molecule has 0 bridgehead atoms. The molecule has 0 fully saturated rings. The lowest BCUT2D eigenvalue weighted by atomic mass is 10.2. The molecular formula is C13H11NO3S. The number of hydrogen-bond donors (Lipinski definition) is 1. The van der Waals surface area contributed by atoms with Gasteiger partial charge in [0.2, 0.25) is 5.88 Å². The molecule has 0 spiro atoms. The number of aromatic nitrogens is 1. The van der Waals surface area contributed by atoms with Crippen molar-refractivity contribution < 1.29 is 14.6 Å². The van der Waals surface area contributed by atoms with Crippen LogP contribution in [0.5, 0.6) is 5.88 Å². The number of carboxylic acid groups (broad SMARTS) is 1. The molecular weight excluding hydrogens is 250 g/mol. The van der Waals surface area contributed by atoms with Crippen LogP contribution in [0, 0.1) is 0 Å². The molecule has 92 valence electrons. The van der Waals surface area contributed by atoms with E-state index >= 15 is 0 Å². The van der Waals surface area contributed by atoms with Gasteiger partial charge in [0.1, 0.15) is 5.03 Å². The summed E-state index contributed by atoms with van der Waals surface area (Å²) < 4.78 is 5.03. The molecule has 2 aromatic rings. The molecule has 0 aliphatic rings. The third-order valence-electron chi connectivity index (χ3n) is 2.24. The van der Waals surface area contributed by atoms with Crippen molar-refractivity contribution in [2.24, 2.45) is 0 Å². The second kappa shape index (κ2) is 5.55. The fraction of sp³-hybridized carbons (Fsp3) is 0.0769. The molecule has 0 atom stereocenters. The van der Waals surface area contributed by atoms with Crippen molar-refractivity contribution in [2.75, 3.05) is 7.11 Å². The quantitative estimate of drug-likeness (QED) is 0.917. The van der Waals surface area contributed by atoms with E-state index in [2.05, 4.69) is 4.98 Å². The van der Waals surface area contributed by atoms with Gasteiger partial charge in [-0.15, -0.1) is 0 Å². The Hall–Kier alpha value is -2.01. The van der Waals surface area contributed by atoms with Gasteiger partial charge in [-0.2, -0.15) is 0 Å². The first-order valence-electron chi connectivity index (χ1n) is 5.22. The Bertz CT molecular complexity index is 572. The number of methoxy groups -OCH3 is 1. The highest BCUT2D eigenvalue weighted by molar-refractivity contribution is 7.99. The van der Waals surface area contributed by atoms with Gasteiger partial charge in [0, 0.05) is 11.0 Å². The topological polar surface area (TPSA) is 59.4 Å². The van der Waals surface area contributed by atoms with Crippen LogP contribution < -0.4 is 4.74 Å². The summed E-state index contributed by atoms with van der Waals surface area (Å²) in [5.74, 6) is -0.436. The first-order valence-corrected chi connectivity index (χ1v) is 6.03. The molecule has 0 saturated carbocycles. The van der Waals surface area contributed by atoms with Crippen LogP contribution >= 0.6 is 11.8 Å². The van der Waals surface area contributed by atoms with Crippen molar-refractivity contribution in [1.29, 1.82) is 0 Å². The molecule has 4 nitrogen and oxygen atoms in total. The maximum absolute atomic E-state index is 11.1. The van der Waals surface area contributed by atoms with Crippen LogP contribution in [0.25, 0.3) is 0 Å². The number of ether oxygens (including phenoxy) is 1. The molecule has 1 aromatic carbocycles. The fourth-order valence-electron chi connectivity index (χ4n) is 1.41. The molecule has 1 aromatic heterocycles. The highest BCUT2D eigenvalue weighted by Crippen LogP contribution is 2.29. The van der Waals surface area contributed by atoms with Crippen LogP contribution in [0.3, 0.4) is 0 Å². The minimum absolute atomic E-state index is 0.270. The molecule has 0 aliphatic carbocycles. The molecule has 0 unspecified atom stereocenters. The number of rotatable bonds is 4. The normalized spacial score (nSPS) is 10.1. The summed E-state index contributed by atoms with van der Waals surface area (Å²) in [6.07, 6.45) is 0. The van der Waals surface area contributed by atoms with Gasteiger partial charge in [0.25, 0.3) is 0 Å². The monoisotopic (exact) mass is 261 g/mol. The average Bonchev–Trinajstić information content (AvgIpc) is 2.39. The maximum atomic E-state index is 11.1. The van der Waals surface area contributed by atoms with E-state index in [-0.39, 0.29) is 5.56 Å². The van der Waals surface area contributed by atoms with E-state index in [9.17, 15) is 4.79 Å². The van der Waals surface area contributed by atoms with Gasteiger partial charge in [-0.05, 0) is 18.2 Å². The van der Waals surface area contributed by atoms with Crippen molar-refractivity contribution in [1.82, 2.24) is 4.98 Å². The summed E-state index contributed by atoms with van der Waals surface area (Å²) in [6.45, 7) is 0. The molecule has 18 heavy (non-hydrogen) atoms. The molecule has 1 N–H and O–H groups in total. The zero-order valence-electron chi connectivity index (χ0n) is 9.66. The Morgan fingerprint density at radius 3 is 2.72 bits per heavy atom. The number of nitrogens with zero attached hydrogens (tertiary/aromatic N) is 1. The lowest BCUT2D eigenvalue weighted by Gasteiger charge is -2.05. The number of hydrogen-bond acceptors (Lipinski definition) is 4. The summed E-state index contributed by atoms with van der Waals surface area (Å²) in [5, 5.41) is 9.78. The summed E-state index contributed by atoms with van der Waals surface area (Å²) >= 11 is 1.30. The van der Waals surface area contributed by atoms with Gasteiger partial charge in [-0.3, -0.25) is 0 Å². The number of benzene rings is 1. The van der Waals surface area contributed by atoms with Crippen molar-refractivity contribution in [3.8, 4) is 5.88 Å². The lowest BCUT2D eigenvalue weighted by molar-refractivity contribution is 0.0693. The summed E-state index contributed by atoms with van der Waals surface area (Å²) in [6, 6.07) is 12.2. The van der Waals surface area contributed by atoms with E-state index in [0.29, 0.717) is 15.8 Å². The third kappa shape index (κ3) is 2.81. The largest absolute Gasteiger partial charge is 0.481 e. The molecule has 0 amide bonds. The molecule has 1 heterocycles. The SMILES string of the molecule is COc1cccc(Sc2ccccc2C(=O)O)n1. The van der Waals surface area contributed by atoms with Crippen LogP contribution in [0.15, 0.2) is 52.4 Å². The molecule has 0 radical (unpaired) electrons. The van der Waals surface area contributed by atoms with Crippen molar-refractivity contribution >= 4 is 17.7 Å². The number of aromatic carboxylic acids is 1. The zero-order valence-corrected chi connectivity index (χ0v) is 10.5. The average molecular weight is 261 g/mol.